The fourth-order valence-corrected chi connectivity index (χ4v) is 4.78. The summed E-state index contributed by atoms with van der Waals surface area (Å²) >= 11 is 0. The van der Waals surface area contributed by atoms with Crippen LogP contribution in [0.2, 0.25) is 0 Å². The van der Waals surface area contributed by atoms with Crippen LogP contribution in [0.4, 0.5) is 0 Å². The first-order valence-electron chi connectivity index (χ1n) is 9.12. The lowest BCUT2D eigenvalue weighted by atomic mass is 10.0. The molecule has 134 valence electrons. The van der Waals surface area contributed by atoms with Crippen LogP contribution in [0.5, 0.6) is 0 Å². The summed E-state index contributed by atoms with van der Waals surface area (Å²) in [6.07, 6.45) is 7.00. The van der Waals surface area contributed by atoms with E-state index in [0.717, 1.165) is 25.8 Å². The van der Waals surface area contributed by atoms with E-state index in [2.05, 4.69) is 32.5 Å². The Bertz CT molecular complexity index is 899. The number of imidazole rings is 1. The lowest BCUT2D eigenvalue weighted by Gasteiger charge is -2.16. The molecule has 0 bridgehead atoms. The fourth-order valence-electron chi connectivity index (χ4n) is 3.88. The third-order valence-corrected chi connectivity index (χ3v) is 7.26. The van der Waals surface area contributed by atoms with E-state index in [-0.39, 0.29) is 6.04 Å². The normalized spacial score (nSPS) is 19.9. The molecule has 4 rings (SSSR count). The molecule has 0 fully saturated rings. The summed E-state index contributed by atoms with van der Waals surface area (Å²) in [7, 11) is -3.23. The highest BCUT2D eigenvalue weighted by Gasteiger charge is 2.27. The number of fused-ring (bicyclic) bond motifs is 2. The number of hydrogen-bond donors (Lipinski definition) is 1. The standard InChI is InChI=1S/C19H25N3O2S/c1-13(2)25(23,24)21-17-10-14-6-7-15(9-16(14)11-17)18-12-20-19-5-3-4-8-22(18)19/h6-7,9,12-13,17,21H,3-5,8,10-11H2,1-2H3. The Labute approximate surface area is 149 Å². The van der Waals surface area contributed by atoms with Crippen LogP contribution in [0.3, 0.4) is 0 Å². The van der Waals surface area contributed by atoms with Crippen LogP contribution >= 0.6 is 0 Å². The average molecular weight is 359 g/mol. The summed E-state index contributed by atoms with van der Waals surface area (Å²) in [5.74, 6) is 1.18. The number of hydrogen-bond acceptors (Lipinski definition) is 3. The zero-order valence-electron chi connectivity index (χ0n) is 14.8. The van der Waals surface area contributed by atoms with Gasteiger partial charge in [0.1, 0.15) is 5.82 Å². The number of nitrogens with one attached hydrogen (secondary N) is 1. The van der Waals surface area contributed by atoms with Crippen molar-refractivity contribution in [3.63, 3.8) is 0 Å². The quantitative estimate of drug-likeness (QED) is 0.913. The predicted octanol–water partition coefficient (Wildman–Crippen LogP) is 2.68. The zero-order valence-corrected chi connectivity index (χ0v) is 15.6. The minimum Gasteiger partial charge on any atom is -0.328 e. The van der Waals surface area contributed by atoms with Crippen molar-refractivity contribution >= 4 is 10.0 Å². The van der Waals surface area contributed by atoms with Gasteiger partial charge in [-0.25, -0.2) is 18.1 Å². The van der Waals surface area contributed by atoms with Crippen molar-refractivity contribution in [3.05, 3.63) is 41.3 Å². The maximum atomic E-state index is 12.1. The molecule has 0 saturated heterocycles. The Morgan fingerprint density at radius 3 is 2.80 bits per heavy atom. The highest BCUT2D eigenvalue weighted by atomic mass is 32.2. The van der Waals surface area contributed by atoms with E-state index in [1.807, 2.05) is 6.20 Å². The number of aromatic nitrogens is 2. The molecule has 1 aromatic heterocycles. The Balaban J connectivity index is 1.58. The van der Waals surface area contributed by atoms with Gasteiger partial charge >= 0.3 is 0 Å². The second kappa shape index (κ2) is 6.25. The number of rotatable bonds is 4. The van der Waals surface area contributed by atoms with Gasteiger partial charge in [0.2, 0.25) is 10.0 Å². The van der Waals surface area contributed by atoms with Gasteiger partial charge in [0.25, 0.3) is 0 Å². The molecule has 0 spiro atoms. The summed E-state index contributed by atoms with van der Waals surface area (Å²) in [4.78, 5) is 4.58. The van der Waals surface area contributed by atoms with E-state index in [1.54, 1.807) is 13.8 Å². The van der Waals surface area contributed by atoms with Gasteiger partial charge in [-0.3, -0.25) is 0 Å². The minimum absolute atomic E-state index is 0.0306. The van der Waals surface area contributed by atoms with Gasteiger partial charge in [-0.2, -0.15) is 0 Å². The summed E-state index contributed by atoms with van der Waals surface area (Å²) < 4.78 is 29.5. The first kappa shape index (κ1) is 16.8. The molecule has 0 amide bonds. The van der Waals surface area contributed by atoms with Crippen molar-refractivity contribution < 1.29 is 8.42 Å². The highest BCUT2D eigenvalue weighted by molar-refractivity contribution is 7.90. The Kier molecular flexibility index (Phi) is 4.20. The molecule has 1 unspecified atom stereocenters. The molecule has 2 heterocycles. The SMILES string of the molecule is CC(C)S(=O)(=O)NC1Cc2ccc(-c3cnc4n3CCCC4)cc2C1. The van der Waals surface area contributed by atoms with E-state index < -0.39 is 15.3 Å². The summed E-state index contributed by atoms with van der Waals surface area (Å²) in [5.41, 5.74) is 4.87. The third kappa shape index (κ3) is 3.13. The Hall–Kier alpha value is -1.66. The number of benzene rings is 1. The van der Waals surface area contributed by atoms with E-state index in [1.165, 1.54) is 41.1 Å². The van der Waals surface area contributed by atoms with Crippen LogP contribution in [-0.4, -0.2) is 29.3 Å². The minimum atomic E-state index is -3.23. The van der Waals surface area contributed by atoms with Crippen LogP contribution in [-0.2, 0) is 35.8 Å². The summed E-state index contributed by atoms with van der Waals surface area (Å²) in [6, 6.07) is 6.49. The average Bonchev–Trinajstić information content (AvgIpc) is 3.16. The predicted molar refractivity (Wildman–Crippen MR) is 99.0 cm³/mol. The molecule has 2 aliphatic rings. The topological polar surface area (TPSA) is 64.0 Å². The van der Waals surface area contributed by atoms with Crippen LogP contribution < -0.4 is 4.72 Å². The van der Waals surface area contributed by atoms with Crippen LogP contribution in [0.15, 0.2) is 24.4 Å². The second-order valence-electron chi connectivity index (χ2n) is 7.47. The maximum absolute atomic E-state index is 12.1. The van der Waals surface area contributed by atoms with Gasteiger partial charge in [0.15, 0.2) is 0 Å². The van der Waals surface area contributed by atoms with E-state index in [0.29, 0.717) is 0 Å². The van der Waals surface area contributed by atoms with Crippen molar-refractivity contribution in [2.45, 2.75) is 63.8 Å². The van der Waals surface area contributed by atoms with Gasteiger partial charge in [-0.05, 0) is 56.7 Å². The molecule has 1 aliphatic carbocycles. The largest absolute Gasteiger partial charge is 0.328 e. The molecule has 6 heteroatoms. The van der Waals surface area contributed by atoms with Crippen molar-refractivity contribution in [1.82, 2.24) is 14.3 Å². The monoisotopic (exact) mass is 359 g/mol. The summed E-state index contributed by atoms with van der Waals surface area (Å²) in [6.45, 7) is 4.47. The number of nitrogens with zero attached hydrogens (tertiary/aromatic N) is 2. The van der Waals surface area contributed by atoms with Crippen LogP contribution in [0.1, 0.15) is 43.6 Å². The van der Waals surface area contributed by atoms with Crippen molar-refractivity contribution in [2.24, 2.45) is 0 Å². The first-order chi connectivity index (χ1) is 11.9. The zero-order chi connectivity index (χ0) is 17.6. The van der Waals surface area contributed by atoms with E-state index >= 15 is 0 Å². The second-order valence-corrected chi connectivity index (χ2v) is 9.74. The Morgan fingerprint density at radius 1 is 1.20 bits per heavy atom. The molecule has 1 aliphatic heterocycles. The maximum Gasteiger partial charge on any atom is 0.214 e. The molecule has 1 aromatic carbocycles. The molecule has 25 heavy (non-hydrogen) atoms. The van der Waals surface area contributed by atoms with E-state index in [4.69, 9.17) is 0 Å². The molecule has 2 aromatic rings. The van der Waals surface area contributed by atoms with Gasteiger partial charge in [0, 0.05) is 24.6 Å². The summed E-state index contributed by atoms with van der Waals surface area (Å²) in [5, 5.41) is -0.398. The third-order valence-electron chi connectivity index (χ3n) is 5.36. The first-order valence-corrected chi connectivity index (χ1v) is 10.7. The van der Waals surface area contributed by atoms with Crippen LogP contribution in [0, 0.1) is 0 Å². The van der Waals surface area contributed by atoms with Crippen molar-refractivity contribution in [1.29, 1.82) is 0 Å². The van der Waals surface area contributed by atoms with Gasteiger partial charge < -0.3 is 4.57 Å². The number of aryl methyl sites for hydroxylation is 1. The van der Waals surface area contributed by atoms with E-state index in [9.17, 15) is 8.42 Å². The smallest absolute Gasteiger partial charge is 0.214 e. The molecule has 0 radical (unpaired) electrons. The van der Waals surface area contributed by atoms with Gasteiger partial charge in [-0.15, -0.1) is 0 Å². The van der Waals surface area contributed by atoms with Crippen LogP contribution in [0.25, 0.3) is 11.3 Å². The molecular weight excluding hydrogens is 334 g/mol. The molecule has 0 saturated carbocycles. The number of sulfonamides is 1. The lowest BCUT2D eigenvalue weighted by Crippen LogP contribution is -2.39. The van der Waals surface area contributed by atoms with Crippen molar-refractivity contribution in [3.8, 4) is 11.3 Å². The molecule has 5 nitrogen and oxygen atoms in total. The highest BCUT2D eigenvalue weighted by Crippen LogP contribution is 2.30. The fraction of sp³-hybridized carbons (Fsp3) is 0.526. The van der Waals surface area contributed by atoms with Gasteiger partial charge in [-0.1, -0.05) is 12.1 Å². The molecular formula is C19H25N3O2S. The molecule has 1 N–H and O–H groups in total. The molecule has 1 atom stereocenters. The van der Waals surface area contributed by atoms with Crippen molar-refractivity contribution in [2.75, 3.05) is 0 Å². The van der Waals surface area contributed by atoms with Gasteiger partial charge in [0.05, 0.1) is 17.1 Å². The lowest BCUT2D eigenvalue weighted by molar-refractivity contribution is 0.526. The Morgan fingerprint density at radius 2 is 2.00 bits per heavy atom.